The topological polar surface area (TPSA) is 85.4 Å². The Kier molecular flexibility index (Phi) is 6.81. The molecule has 0 unspecified atom stereocenters. The predicted molar refractivity (Wildman–Crippen MR) is 123 cm³/mol. The molecule has 1 amide bonds. The molecule has 2 aliphatic heterocycles. The van der Waals surface area contributed by atoms with E-state index >= 15 is 0 Å². The summed E-state index contributed by atoms with van der Waals surface area (Å²) in [5.74, 6) is 0.970. The molecule has 2 fully saturated rings. The second-order valence-electron chi connectivity index (χ2n) is 8.35. The summed E-state index contributed by atoms with van der Waals surface area (Å²) in [4.78, 5) is 15.5. The molecular formula is C24H30N2O6S. The SMILES string of the molecule is COc1ccc(S(=O)(=O)N2C[C@H](C(=O)N3CCCC3)[C@@H](c3cc(OC)ccc3OC)C2)cc1. The molecule has 4 rings (SSSR count). The molecule has 0 N–H and O–H groups in total. The predicted octanol–water partition coefficient (Wildman–Crippen LogP) is 2.74. The highest BCUT2D eigenvalue weighted by molar-refractivity contribution is 7.89. The molecule has 33 heavy (non-hydrogen) atoms. The number of ether oxygens (including phenoxy) is 3. The highest BCUT2D eigenvalue weighted by Crippen LogP contribution is 2.42. The number of hydrogen-bond acceptors (Lipinski definition) is 6. The van der Waals surface area contributed by atoms with Gasteiger partial charge in [0.15, 0.2) is 0 Å². The molecule has 2 heterocycles. The van der Waals surface area contributed by atoms with Crippen molar-refractivity contribution in [2.45, 2.75) is 23.7 Å². The van der Waals surface area contributed by atoms with Gasteiger partial charge in [-0.15, -0.1) is 0 Å². The molecule has 0 bridgehead atoms. The Morgan fingerprint density at radius 2 is 1.52 bits per heavy atom. The van der Waals surface area contributed by atoms with Crippen LogP contribution in [0.5, 0.6) is 17.2 Å². The third-order valence-electron chi connectivity index (χ3n) is 6.55. The number of carbonyl (C=O) groups is 1. The maximum absolute atomic E-state index is 13.5. The summed E-state index contributed by atoms with van der Waals surface area (Å²) in [5, 5.41) is 0. The van der Waals surface area contributed by atoms with E-state index in [-0.39, 0.29) is 29.8 Å². The van der Waals surface area contributed by atoms with Crippen LogP contribution >= 0.6 is 0 Å². The normalized spacial score (nSPS) is 21.2. The molecule has 9 heteroatoms. The molecule has 178 valence electrons. The largest absolute Gasteiger partial charge is 0.497 e. The first-order valence-electron chi connectivity index (χ1n) is 11.0. The maximum atomic E-state index is 13.5. The van der Waals surface area contributed by atoms with Crippen LogP contribution in [0.3, 0.4) is 0 Å². The molecular weight excluding hydrogens is 444 g/mol. The minimum absolute atomic E-state index is 0.00481. The van der Waals surface area contributed by atoms with Crippen LogP contribution < -0.4 is 14.2 Å². The Morgan fingerprint density at radius 3 is 2.12 bits per heavy atom. The van der Waals surface area contributed by atoms with E-state index in [1.165, 1.54) is 23.5 Å². The van der Waals surface area contributed by atoms with Crippen LogP contribution in [0.2, 0.25) is 0 Å². The van der Waals surface area contributed by atoms with Gasteiger partial charge < -0.3 is 19.1 Å². The zero-order valence-corrected chi connectivity index (χ0v) is 20.0. The third-order valence-corrected chi connectivity index (χ3v) is 8.40. The number of likely N-dealkylation sites (tertiary alicyclic amines) is 1. The van der Waals surface area contributed by atoms with Gasteiger partial charge in [0.1, 0.15) is 17.2 Å². The lowest BCUT2D eigenvalue weighted by atomic mass is 9.87. The first-order valence-corrected chi connectivity index (χ1v) is 12.5. The van der Waals surface area contributed by atoms with Crippen molar-refractivity contribution in [1.82, 2.24) is 9.21 Å². The number of sulfonamides is 1. The molecule has 0 saturated carbocycles. The van der Waals surface area contributed by atoms with Crippen molar-refractivity contribution < 1.29 is 27.4 Å². The summed E-state index contributed by atoms with van der Waals surface area (Å²) in [6.07, 6.45) is 1.94. The van der Waals surface area contributed by atoms with E-state index in [0.717, 1.165) is 18.4 Å². The summed E-state index contributed by atoms with van der Waals surface area (Å²) >= 11 is 0. The van der Waals surface area contributed by atoms with E-state index in [9.17, 15) is 13.2 Å². The molecule has 2 aromatic carbocycles. The quantitative estimate of drug-likeness (QED) is 0.614. The van der Waals surface area contributed by atoms with Crippen molar-refractivity contribution in [3.63, 3.8) is 0 Å². The van der Waals surface area contributed by atoms with Gasteiger partial charge in [0.2, 0.25) is 15.9 Å². The van der Waals surface area contributed by atoms with Crippen LogP contribution in [-0.4, -0.2) is 71.0 Å². The number of benzene rings is 2. The van der Waals surface area contributed by atoms with Gasteiger partial charge in [0.25, 0.3) is 0 Å². The van der Waals surface area contributed by atoms with Crippen molar-refractivity contribution in [2.75, 3.05) is 47.5 Å². The maximum Gasteiger partial charge on any atom is 0.243 e. The van der Waals surface area contributed by atoms with E-state index in [1.807, 2.05) is 11.0 Å². The fourth-order valence-corrected chi connectivity index (χ4v) is 6.22. The second kappa shape index (κ2) is 9.61. The van der Waals surface area contributed by atoms with E-state index in [0.29, 0.717) is 30.3 Å². The van der Waals surface area contributed by atoms with Crippen molar-refractivity contribution in [2.24, 2.45) is 5.92 Å². The Bertz CT molecular complexity index is 1100. The zero-order chi connectivity index (χ0) is 23.6. The van der Waals surface area contributed by atoms with Gasteiger partial charge in [-0.25, -0.2) is 8.42 Å². The molecule has 2 aliphatic rings. The van der Waals surface area contributed by atoms with Crippen molar-refractivity contribution in [3.8, 4) is 17.2 Å². The average molecular weight is 475 g/mol. The van der Waals surface area contributed by atoms with Gasteiger partial charge in [0.05, 0.1) is 32.1 Å². The number of rotatable bonds is 7. The lowest BCUT2D eigenvalue weighted by Crippen LogP contribution is -2.37. The van der Waals surface area contributed by atoms with Crippen LogP contribution in [-0.2, 0) is 14.8 Å². The zero-order valence-electron chi connectivity index (χ0n) is 19.2. The highest BCUT2D eigenvalue weighted by atomic mass is 32.2. The Morgan fingerprint density at radius 1 is 0.879 bits per heavy atom. The van der Waals surface area contributed by atoms with E-state index in [2.05, 4.69) is 0 Å². The Labute approximate surface area is 195 Å². The number of carbonyl (C=O) groups excluding carboxylic acids is 1. The van der Waals surface area contributed by atoms with Gasteiger partial charge >= 0.3 is 0 Å². The lowest BCUT2D eigenvalue weighted by molar-refractivity contribution is -0.134. The molecule has 0 aromatic heterocycles. The van der Waals surface area contributed by atoms with Crippen LogP contribution in [0.25, 0.3) is 0 Å². The standard InChI is InChI=1S/C24H30N2O6S/c1-30-17-6-9-19(10-7-17)33(28,29)26-15-21(20-14-18(31-2)8-11-23(20)32-3)22(16-26)24(27)25-12-4-5-13-25/h6-11,14,21-22H,4-5,12-13,15-16H2,1-3H3/t21-,22+/m1/s1. The Balaban J connectivity index is 1.71. The van der Waals surface area contributed by atoms with E-state index in [1.54, 1.807) is 38.5 Å². The van der Waals surface area contributed by atoms with Crippen molar-refractivity contribution in [3.05, 3.63) is 48.0 Å². The molecule has 2 aromatic rings. The van der Waals surface area contributed by atoms with Gasteiger partial charge in [-0.2, -0.15) is 4.31 Å². The summed E-state index contributed by atoms with van der Waals surface area (Å²) in [7, 11) is 0.887. The third kappa shape index (κ3) is 4.52. The molecule has 0 spiro atoms. The van der Waals surface area contributed by atoms with Crippen LogP contribution in [0.1, 0.15) is 24.3 Å². The smallest absolute Gasteiger partial charge is 0.243 e. The summed E-state index contributed by atoms with van der Waals surface area (Å²) < 4.78 is 44.5. The minimum Gasteiger partial charge on any atom is -0.497 e. The highest BCUT2D eigenvalue weighted by Gasteiger charge is 2.46. The fourth-order valence-electron chi connectivity index (χ4n) is 4.73. The summed E-state index contributed by atoms with van der Waals surface area (Å²) in [5.41, 5.74) is 0.779. The van der Waals surface area contributed by atoms with Crippen molar-refractivity contribution >= 4 is 15.9 Å². The summed E-state index contributed by atoms with van der Waals surface area (Å²) in [6.45, 7) is 1.72. The van der Waals surface area contributed by atoms with Crippen LogP contribution in [0.4, 0.5) is 0 Å². The Hall–Kier alpha value is -2.78. The summed E-state index contributed by atoms with van der Waals surface area (Å²) in [6, 6.07) is 11.7. The first kappa shape index (κ1) is 23.4. The molecule has 8 nitrogen and oxygen atoms in total. The number of methoxy groups -OCH3 is 3. The molecule has 2 saturated heterocycles. The van der Waals surface area contributed by atoms with Crippen LogP contribution in [0.15, 0.2) is 47.4 Å². The fraction of sp³-hybridized carbons (Fsp3) is 0.458. The number of amides is 1. The van der Waals surface area contributed by atoms with Gasteiger partial charge in [-0.3, -0.25) is 4.79 Å². The molecule has 0 radical (unpaired) electrons. The van der Waals surface area contributed by atoms with Gasteiger partial charge in [0, 0.05) is 37.7 Å². The van der Waals surface area contributed by atoms with E-state index < -0.39 is 15.9 Å². The number of nitrogens with zero attached hydrogens (tertiary/aromatic N) is 2. The number of hydrogen-bond donors (Lipinski definition) is 0. The monoisotopic (exact) mass is 474 g/mol. The first-order chi connectivity index (χ1) is 15.9. The van der Waals surface area contributed by atoms with E-state index in [4.69, 9.17) is 14.2 Å². The molecule has 0 aliphatic carbocycles. The van der Waals surface area contributed by atoms with Crippen molar-refractivity contribution in [1.29, 1.82) is 0 Å². The van der Waals surface area contributed by atoms with Gasteiger partial charge in [-0.05, 0) is 55.3 Å². The van der Waals surface area contributed by atoms with Crippen LogP contribution in [0, 0.1) is 5.92 Å². The molecule has 2 atom stereocenters. The second-order valence-corrected chi connectivity index (χ2v) is 10.3. The van der Waals surface area contributed by atoms with Gasteiger partial charge in [-0.1, -0.05) is 0 Å². The lowest BCUT2D eigenvalue weighted by Gasteiger charge is -2.25. The average Bonchev–Trinajstić information content (AvgIpc) is 3.54. The minimum atomic E-state index is -3.79.